The van der Waals surface area contributed by atoms with Gasteiger partial charge in [0, 0.05) is 23.0 Å². The zero-order chi connectivity index (χ0) is 21.1. The third-order valence-corrected chi connectivity index (χ3v) is 5.76. The molecule has 1 aliphatic rings. The summed E-state index contributed by atoms with van der Waals surface area (Å²) >= 11 is 1.83. The van der Waals surface area contributed by atoms with Crippen molar-refractivity contribution in [3.05, 3.63) is 64.9 Å². The van der Waals surface area contributed by atoms with Crippen LogP contribution >= 0.6 is 23.0 Å². The van der Waals surface area contributed by atoms with Gasteiger partial charge in [0.25, 0.3) is 0 Å². The van der Waals surface area contributed by atoms with Crippen molar-refractivity contribution in [3.63, 3.8) is 0 Å². The molecule has 0 saturated carbocycles. The molecule has 6 nitrogen and oxygen atoms in total. The molecule has 3 aromatic rings. The summed E-state index contributed by atoms with van der Waals surface area (Å²) < 4.78 is 6.86. The average molecular weight is 514 g/mol. The average Bonchev–Trinajstić information content (AvgIpc) is 3.37. The molecule has 0 amide bonds. The molecule has 2 atom stereocenters. The number of aromatic nitrogens is 3. The summed E-state index contributed by atoms with van der Waals surface area (Å²) in [4.78, 5) is 22.0. The maximum atomic E-state index is 12.9. The SMILES string of the molecule is Cc1cc(C)n2cnc(CC(=O)C3CCC(c4ccc(C#CCOI)cc4)N3)c2n1. The van der Waals surface area contributed by atoms with E-state index in [1.54, 1.807) is 6.33 Å². The van der Waals surface area contributed by atoms with Crippen molar-refractivity contribution in [2.24, 2.45) is 0 Å². The quantitative estimate of drug-likeness (QED) is 0.416. The van der Waals surface area contributed by atoms with E-state index in [0.717, 1.165) is 41.1 Å². The summed E-state index contributed by atoms with van der Waals surface area (Å²) in [7, 11) is 0. The Labute approximate surface area is 190 Å². The third kappa shape index (κ3) is 4.56. The Morgan fingerprint density at radius 1 is 1.30 bits per heavy atom. The van der Waals surface area contributed by atoms with Crippen molar-refractivity contribution in [2.45, 2.75) is 45.2 Å². The minimum Gasteiger partial charge on any atom is -0.303 e. The van der Waals surface area contributed by atoms with Gasteiger partial charge in [-0.1, -0.05) is 24.0 Å². The van der Waals surface area contributed by atoms with Crippen LogP contribution in [0, 0.1) is 25.7 Å². The van der Waals surface area contributed by atoms with E-state index in [2.05, 4.69) is 39.3 Å². The van der Waals surface area contributed by atoms with Gasteiger partial charge in [-0.05, 0) is 50.5 Å². The first-order valence-corrected chi connectivity index (χ1v) is 10.8. The molecule has 2 unspecified atom stereocenters. The molecule has 7 heteroatoms. The summed E-state index contributed by atoms with van der Waals surface area (Å²) in [5, 5.41) is 3.50. The number of hydrogen-bond donors (Lipinski definition) is 1. The first-order valence-electron chi connectivity index (χ1n) is 9.96. The van der Waals surface area contributed by atoms with E-state index < -0.39 is 0 Å². The van der Waals surface area contributed by atoms with Gasteiger partial charge in [-0.15, -0.1) is 0 Å². The number of aryl methyl sites for hydroxylation is 2. The van der Waals surface area contributed by atoms with Gasteiger partial charge in [0.05, 0.1) is 18.2 Å². The molecule has 0 aliphatic carbocycles. The number of fused-ring (bicyclic) bond motifs is 1. The van der Waals surface area contributed by atoms with Crippen LogP contribution in [0.5, 0.6) is 0 Å². The lowest BCUT2D eigenvalue weighted by atomic mass is 10.0. The molecule has 0 spiro atoms. The predicted molar refractivity (Wildman–Crippen MR) is 123 cm³/mol. The number of ketones is 1. The number of benzene rings is 1. The van der Waals surface area contributed by atoms with Gasteiger partial charge in [0.2, 0.25) is 0 Å². The molecule has 3 heterocycles. The molecule has 30 heavy (non-hydrogen) atoms. The molecule has 154 valence electrons. The Bertz CT molecular complexity index is 1130. The number of rotatable bonds is 5. The topological polar surface area (TPSA) is 68.5 Å². The van der Waals surface area contributed by atoms with E-state index in [9.17, 15) is 4.79 Å². The van der Waals surface area contributed by atoms with Gasteiger partial charge in [0.15, 0.2) is 11.4 Å². The second-order valence-electron chi connectivity index (χ2n) is 7.59. The largest absolute Gasteiger partial charge is 0.303 e. The predicted octanol–water partition coefficient (Wildman–Crippen LogP) is 3.67. The van der Waals surface area contributed by atoms with Crippen molar-refractivity contribution in [2.75, 3.05) is 6.61 Å². The molecule has 1 aliphatic heterocycles. The standard InChI is InChI=1S/C23H23IN4O2/c1-15-12-16(2)28-14-25-21(23(28)26-15)13-22(29)20-10-9-19(27-20)18-7-5-17(6-8-18)4-3-11-30-24/h5-8,12,14,19-20,27H,9-11,13H2,1-2H3. The summed E-state index contributed by atoms with van der Waals surface area (Å²) in [6.45, 7) is 4.39. The molecule has 1 N–H and O–H groups in total. The van der Waals surface area contributed by atoms with E-state index in [1.165, 1.54) is 5.56 Å². The number of carbonyl (C=O) groups excluding carboxylic acids is 1. The molecular formula is C23H23IN4O2. The van der Waals surface area contributed by atoms with Crippen LogP contribution in [0.4, 0.5) is 0 Å². The number of nitrogens with one attached hydrogen (secondary N) is 1. The van der Waals surface area contributed by atoms with Gasteiger partial charge in [-0.25, -0.2) is 9.97 Å². The van der Waals surface area contributed by atoms with Gasteiger partial charge in [0.1, 0.15) is 35.9 Å². The summed E-state index contributed by atoms with van der Waals surface area (Å²) in [5.41, 5.74) is 5.67. The highest BCUT2D eigenvalue weighted by molar-refractivity contribution is 14.1. The van der Waals surface area contributed by atoms with Crippen LogP contribution in [0.2, 0.25) is 0 Å². The second kappa shape index (κ2) is 9.25. The number of nitrogens with zero attached hydrogens (tertiary/aromatic N) is 3. The second-order valence-corrected chi connectivity index (χ2v) is 8.22. The Balaban J connectivity index is 1.41. The minimum absolute atomic E-state index is 0.155. The fourth-order valence-electron chi connectivity index (χ4n) is 3.96. The maximum Gasteiger partial charge on any atom is 0.160 e. The van der Waals surface area contributed by atoms with Crippen molar-refractivity contribution in [3.8, 4) is 11.8 Å². The van der Waals surface area contributed by atoms with E-state index in [-0.39, 0.29) is 17.9 Å². The van der Waals surface area contributed by atoms with Gasteiger partial charge in [-0.3, -0.25) is 9.20 Å². The normalized spacial score (nSPS) is 18.4. The zero-order valence-electron chi connectivity index (χ0n) is 17.0. The highest BCUT2D eigenvalue weighted by Gasteiger charge is 2.30. The molecule has 4 rings (SSSR count). The Kier molecular flexibility index (Phi) is 6.46. The van der Waals surface area contributed by atoms with Crippen molar-refractivity contribution in [1.82, 2.24) is 19.7 Å². The molecule has 0 bridgehead atoms. The molecular weight excluding hydrogens is 491 g/mol. The van der Waals surface area contributed by atoms with Gasteiger partial charge in [-0.2, -0.15) is 0 Å². The Hall–Kier alpha value is -2.28. The zero-order valence-corrected chi connectivity index (χ0v) is 19.1. The first kappa shape index (κ1) is 21.0. The van der Waals surface area contributed by atoms with Crippen LogP contribution in [-0.4, -0.2) is 32.8 Å². The summed E-state index contributed by atoms with van der Waals surface area (Å²) in [5.74, 6) is 6.19. The summed E-state index contributed by atoms with van der Waals surface area (Å²) in [6.07, 6.45) is 3.81. The fraction of sp³-hybridized carbons (Fsp3) is 0.348. The van der Waals surface area contributed by atoms with E-state index >= 15 is 0 Å². The van der Waals surface area contributed by atoms with Crippen LogP contribution < -0.4 is 5.32 Å². The van der Waals surface area contributed by atoms with Gasteiger partial charge >= 0.3 is 0 Å². The van der Waals surface area contributed by atoms with Crippen LogP contribution in [-0.2, 0) is 14.3 Å². The number of hydrogen-bond acceptors (Lipinski definition) is 5. The monoisotopic (exact) mass is 514 g/mol. The van der Waals surface area contributed by atoms with E-state index in [0.29, 0.717) is 13.0 Å². The Morgan fingerprint density at radius 3 is 2.87 bits per heavy atom. The Morgan fingerprint density at radius 2 is 2.10 bits per heavy atom. The van der Waals surface area contributed by atoms with Crippen molar-refractivity contribution >= 4 is 34.4 Å². The summed E-state index contributed by atoms with van der Waals surface area (Å²) in [6, 6.07) is 10.2. The highest BCUT2D eigenvalue weighted by Crippen LogP contribution is 2.27. The highest BCUT2D eigenvalue weighted by atomic mass is 127. The maximum absolute atomic E-state index is 12.9. The molecule has 1 fully saturated rings. The lowest BCUT2D eigenvalue weighted by Crippen LogP contribution is -2.33. The molecule has 1 aromatic carbocycles. The smallest absolute Gasteiger partial charge is 0.160 e. The lowest BCUT2D eigenvalue weighted by molar-refractivity contribution is -0.120. The van der Waals surface area contributed by atoms with Crippen LogP contribution in [0.15, 0.2) is 36.7 Å². The van der Waals surface area contributed by atoms with Crippen molar-refractivity contribution in [1.29, 1.82) is 0 Å². The molecule has 0 radical (unpaired) electrons. The van der Waals surface area contributed by atoms with E-state index in [1.807, 2.05) is 59.5 Å². The molecule has 1 saturated heterocycles. The van der Waals surface area contributed by atoms with E-state index in [4.69, 9.17) is 3.07 Å². The number of imidazole rings is 1. The fourth-order valence-corrected chi connectivity index (χ4v) is 4.12. The number of carbonyl (C=O) groups is 1. The molecule has 2 aromatic heterocycles. The van der Waals surface area contributed by atoms with Crippen molar-refractivity contribution < 1.29 is 7.86 Å². The number of halogens is 1. The first-order chi connectivity index (χ1) is 14.5. The van der Waals surface area contributed by atoms with Gasteiger partial charge < -0.3 is 8.38 Å². The third-order valence-electron chi connectivity index (χ3n) is 5.44. The van der Waals surface area contributed by atoms with Crippen LogP contribution in [0.3, 0.4) is 0 Å². The van der Waals surface area contributed by atoms with Crippen LogP contribution in [0.25, 0.3) is 5.65 Å². The lowest BCUT2D eigenvalue weighted by Gasteiger charge is -2.14. The minimum atomic E-state index is -0.155. The van der Waals surface area contributed by atoms with Crippen LogP contribution in [0.1, 0.15) is 47.1 Å². The number of Topliss-reactive ketones (excluding diaryl/α,β-unsaturated/α-hetero) is 1.